The first-order valence-corrected chi connectivity index (χ1v) is 6.08. The fourth-order valence-electron chi connectivity index (χ4n) is 1.22. The van der Waals surface area contributed by atoms with Crippen LogP contribution in [0.4, 0.5) is 0 Å². The van der Waals surface area contributed by atoms with Crippen LogP contribution >= 0.6 is 23.2 Å². The van der Waals surface area contributed by atoms with Gasteiger partial charge in [0.1, 0.15) is 5.75 Å². The van der Waals surface area contributed by atoms with E-state index in [-0.39, 0.29) is 11.9 Å². The van der Waals surface area contributed by atoms with Gasteiger partial charge in [-0.15, -0.1) is 0 Å². The lowest BCUT2D eigenvalue weighted by Gasteiger charge is -2.17. The van der Waals surface area contributed by atoms with Gasteiger partial charge in [0.2, 0.25) is 0 Å². The van der Waals surface area contributed by atoms with Crippen LogP contribution < -0.4 is 10.1 Å². The first-order valence-electron chi connectivity index (χ1n) is 5.32. The zero-order valence-corrected chi connectivity index (χ0v) is 11.5. The van der Waals surface area contributed by atoms with Crippen molar-refractivity contribution < 1.29 is 9.53 Å². The second kappa shape index (κ2) is 6.12. The molecule has 17 heavy (non-hydrogen) atoms. The molecule has 1 aromatic rings. The SMILES string of the molecule is CC(C)NC(=O)[C@H](C)Oc1ccc(Cl)cc1Cl. The Balaban J connectivity index is 2.67. The number of benzene rings is 1. The molecular formula is C12H15Cl2NO2. The summed E-state index contributed by atoms with van der Waals surface area (Å²) in [6, 6.07) is 4.96. The van der Waals surface area contributed by atoms with Crippen molar-refractivity contribution in [1.29, 1.82) is 0 Å². The summed E-state index contributed by atoms with van der Waals surface area (Å²) in [5, 5.41) is 3.68. The molecule has 0 radical (unpaired) electrons. The van der Waals surface area contributed by atoms with Crippen LogP contribution in [0.2, 0.25) is 10.0 Å². The molecular weight excluding hydrogens is 261 g/mol. The first kappa shape index (κ1) is 14.1. The fraction of sp³-hybridized carbons (Fsp3) is 0.417. The Morgan fingerprint density at radius 2 is 1.94 bits per heavy atom. The second-order valence-corrected chi connectivity index (χ2v) is 4.84. The molecule has 5 heteroatoms. The number of hydrogen-bond donors (Lipinski definition) is 1. The lowest BCUT2D eigenvalue weighted by atomic mass is 10.3. The molecule has 0 aromatic heterocycles. The maximum Gasteiger partial charge on any atom is 0.260 e. The lowest BCUT2D eigenvalue weighted by Crippen LogP contribution is -2.40. The molecule has 0 saturated carbocycles. The summed E-state index contributed by atoms with van der Waals surface area (Å²) in [7, 11) is 0. The monoisotopic (exact) mass is 275 g/mol. The third-order valence-corrected chi connectivity index (χ3v) is 2.53. The van der Waals surface area contributed by atoms with Crippen LogP contribution in [0.15, 0.2) is 18.2 Å². The molecule has 1 rings (SSSR count). The Morgan fingerprint density at radius 1 is 1.29 bits per heavy atom. The minimum absolute atomic E-state index is 0.0780. The van der Waals surface area contributed by atoms with Gasteiger partial charge in [-0.25, -0.2) is 0 Å². The molecule has 0 aliphatic heterocycles. The summed E-state index contributed by atoms with van der Waals surface area (Å²) in [5.41, 5.74) is 0. The van der Waals surface area contributed by atoms with E-state index in [1.807, 2.05) is 13.8 Å². The van der Waals surface area contributed by atoms with E-state index in [0.29, 0.717) is 15.8 Å². The Bertz CT molecular complexity index is 407. The minimum Gasteiger partial charge on any atom is -0.479 e. The van der Waals surface area contributed by atoms with E-state index in [9.17, 15) is 4.79 Å². The predicted molar refractivity (Wildman–Crippen MR) is 69.8 cm³/mol. The Labute approximate surface area is 111 Å². The number of carbonyl (C=O) groups excluding carboxylic acids is 1. The average Bonchev–Trinajstić information content (AvgIpc) is 2.21. The highest BCUT2D eigenvalue weighted by atomic mass is 35.5. The third-order valence-electron chi connectivity index (χ3n) is 2.00. The summed E-state index contributed by atoms with van der Waals surface area (Å²) in [5.74, 6) is 0.272. The van der Waals surface area contributed by atoms with E-state index in [1.165, 1.54) is 0 Å². The topological polar surface area (TPSA) is 38.3 Å². The second-order valence-electron chi connectivity index (χ2n) is 4.00. The Morgan fingerprint density at radius 3 is 2.47 bits per heavy atom. The summed E-state index contributed by atoms with van der Waals surface area (Å²) in [6.45, 7) is 5.45. The lowest BCUT2D eigenvalue weighted by molar-refractivity contribution is -0.127. The van der Waals surface area contributed by atoms with Crippen LogP contribution in [0.25, 0.3) is 0 Å². The summed E-state index contributed by atoms with van der Waals surface area (Å²) in [6.07, 6.45) is -0.601. The Hall–Kier alpha value is -0.930. The highest BCUT2D eigenvalue weighted by Crippen LogP contribution is 2.28. The largest absolute Gasteiger partial charge is 0.479 e. The molecule has 3 nitrogen and oxygen atoms in total. The van der Waals surface area contributed by atoms with Crippen molar-refractivity contribution in [2.24, 2.45) is 0 Å². The zero-order valence-electron chi connectivity index (χ0n) is 9.96. The van der Waals surface area contributed by atoms with Crippen molar-refractivity contribution in [3.63, 3.8) is 0 Å². The van der Waals surface area contributed by atoms with E-state index < -0.39 is 6.10 Å². The van der Waals surface area contributed by atoms with Crippen LogP contribution in [0.1, 0.15) is 20.8 Å². The van der Waals surface area contributed by atoms with Crippen molar-refractivity contribution in [2.75, 3.05) is 0 Å². The van der Waals surface area contributed by atoms with Gasteiger partial charge in [-0.05, 0) is 39.0 Å². The summed E-state index contributed by atoms with van der Waals surface area (Å²) >= 11 is 11.7. The molecule has 1 atom stereocenters. The van der Waals surface area contributed by atoms with Gasteiger partial charge in [0, 0.05) is 11.1 Å². The van der Waals surface area contributed by atoms with Crippen LogP contribution in [0.3, 0.4) is 0 Å². The van der Waals surface area contributed by atoms with Gasteiger partial charge in [0.05, 0.1) is 5.02 Å². The number of amides is 1. The standard InChI is InChI=1S/C12H15Cl2NO2/c1-7(2)15-12(16)8(3)17-11-5-4-9(13)6-10(11)14/h4-8H,1-3H3,(H,15,16)/t8-/m0/s1. The van der Waals surface area contributed by atoms with Crippen molar-refractivity contribution >= 4 is 29.1 Å². The third kappa shape index (κ3) is 4.44. The minimum atomic E-state index is -0.601. The van der Waals surface area contributed by atoms with Gasteiger partial charge < -0.3 is 10.1 Å². The van der Waals surface area contributed by atoms with Crippen LogP contribution in [0.5, 0.6) is 5.75 Å². The molecule has 0 saturated heterocycles. The average molecular weight is 276 g/mol. The number of carbonyl (C=O) groups is 1. The number of halogens is 2. The van der Waals surface area contributed by atoms with Crippen LogP contribution in [-0.2, 0) is 4.79 Å². The van der Waals surface area contributed by atoms with Crippen molar-refractivity contribution in [3.8, 4) is 5.75 Å². The van der Waals surface area contributed by atoms with Crippen molar-refractivity contribution in [3.05, 3.63) is 28.2 Å². The molecule has 0 fully saturated rings. The zero-order chi connectivity index (χ0) is 13.0. The van der Waals surface area contributed by atoms with Crippen LogP contribution in [0, 0.1) is 0 Å². The summed E-state index contributed by atoms with van der Waals surface area (Å²) in [4.78, 5) is 11.6. The van der Waals surface area contributed by atoms with Gasteiger partial charge in [-0.3, -0.25) is 4.79 Å². The van der Waals surface area contributed by atoms with E-state index >= 15 is 0 Å². The van der Waals surface area contributed by atoms with Crippen molar-refractivity contribution in [1.82, 2.24) is 5.32 Å². The summed E-state index contributed by atoms with van der Waals surface area (Å²) < 4.78 is 5.46. The van der Waals surface area contributed by atoms with Gasteiger partial charge in [-0.1, -0.05) is 23.2 Å². The number of rotatable bonds is 4. The number of hydrogen-bond acceptors (Lipinski definition) is 2. The molecule has 0 aliphatic rings. The highest BCUT2D eigenvalue weighted by molar-refractivity contribution is 6.35. The van der Waals surface area contributed by atoms with E-state index in [4.69, 9.17) is 27.9 Å². The van der Waals surface area contributed by atoms with E-state index in [0.717, 1.165) is 0 Å². The fourth-order valence-corrected chi connectivity index (χ4v) is 1.67. The molecule has 0 unspecified atom stereocenters. The van der Waals surface area contributed by atoms with Gasteiger partial charge in [0.25, 0.3) is 5.91 Å². The molecule has 94 valence electrons. The van der Waals surface area contributed by atoms with Crippen molar-refractivity contribution in [2.45, 2.75) is 32.9 Å². The smallest absolute Gasteiger partial charge is 0.260 e. The molecule has 0 spiro atoms. The van der Waals surface area contributed by atoms with Gasteiger partial charge >= 0.3 is 0 Å². The predicted octanol–water partition coefficient (Wildman–Crippen LogP) is 3.29. The Kier molecular flexibility index (Phi) is 5.09. The first-order chi connectivity index (χ1) is 7.90. The van der Waals surface area contributed by atoms with E-state index in [1.54, 1.807) is 25.1 Å². The molecule has 0 bridgehead atoms. The number of ether oxygens (including phenoxy) is 1. The molecule has 1 aromatic carbocycles. The normalized spacial score (nSPS) is 12.4. The quantitative estimate of drug-likeness (QED) is 0.916. The maximum absolute atomic E-state index is 11.6. The molecule has 1 N–H and O–H groups in total. The van der Waals surface area contributed by atoms with Gasteiger partial charge in [0.15, 0.2) is 6.10 Å². The van der Waals surface area contributed by atoms with Gasteiger partial charge in [-0.2, -0.15) is 0 Å². The van der Waals surface area contributed by atoms with Crippen LogP contribution in [-0.4, -0.2) is 18.1 Å². The number of nitrogens with one attached hydrogen (secondary N) is 1. The molecule has 0 aliphatic carbocycles. The maximum atomic E-state index is 11.6. The highest BCUT2D eigenvalue weighted by Gasteiger charge is 2.16. The molecule has 1 amide bonds. The van der Waals surface area contributed by atoms with E-state index in [2.05, 4.69) is 5.32 Å². The molecule has 0 heterocycles.